The summed E-state index contributed by atoms with van der Waals surface area (Å²) < 4.78 is 23.8. The molecular weight excluding hydrogens is 360 g/mol. The summed E-state index contributed by atoms with van der Waals surface area (Å²) in [4.78, 5) is 14.0. The molecule has 0 radical (unpaired) electrons. The molecule has 0 aliphatic carbocycles. The van der Waals surface area contributed by atoms with Crippen molar-refractivity contribution in [3.8, 4) is 11.4 Å². The second-order valence-corrected chi connectivity index (χ2v) is 9.72. The fourth-order valence-electron chi connectivity index (χ4n) is 3.87. The first-order chi connectivity index (χ1) is 13.0. The molecule has 4 rings (SSSR count). The van der Waals surface area contributed by atoms with E-state index in [9.17, 15) is 8.42 Å². The van der Waals surface area contributed by atoms with Crippen LogP contribution in [0.15, 0.2) is 36.4 Å². The highest BCUT2D eigenvalue weighted by atomic mass is 32.2. The molecular formula is C20H26N4O2S. The van der Waals surface area contributed by atoms with Crippen LogP contribution in [0.2, 0.25) is 0 Å². The van der Waals surface area contributed by atoms with E-state index in [1.807, 2.05) is 48.3 Å². The van der Waals surface area contributed by atoms with Crippen LogP contribution < -0.4 is 9.80 Å². The van der Waals surface area contributed by atoms with Gasteiger partial charge in [0.15, 0.2) is 15.7 Å². The van der Waals surface area contributed by atoms with E-state index in [0.717, 1.165) is 30.3 Å². The number of aromatic nitrogens is 2. The molecule has 27 heavy (non-hydrogen) atoms. The van der Waals surface area contributed by atoms with Gasteiger partial charge in [-0.05, 0) is 25.7 Å². The zero-order valence-electron chi connectivity index (χ0n) is 15.7. The van der Waals surface area contributed by atoms with E-state index in [1.165, 1.54) is 19.3 Å². The number of sulfone groups is 1. The lowest BCUT2D eigenvalue weighted by molar-refractivity contribution is 0.573. The third-order valence-corrected chi connectivity index (χ3v) is 7.28. The fraction of sp³-hybridized carbons (Fsp3) is 0.500. The van der Waals surface area contributed by atoms with E-state index >= 15 is 0 Å². The van der Waals surface area contributed by atoms with Crippen molar-refractivity contribution in [1.82, 2.24) is 9.97 Å². The Hall–Kier alpha value is -2.15. The van der Waals surface area contributed by atoms with Crippen molar-refractivity contribution in [2.45, 2.75) is 31.7 Å². The summed E-state index contributed by atoms with van der Waals surface area (Å²) in [6.07, 6.45) is 4.27. The molecule has 0 saturated carbocycles. The van der Waals surface area contributed by atoms with Gasteiger partial charge in [-0.2, -0.15) is 0 Å². The zero-order chi connectivity index (χ0) is 18.9. The highest BCUT2D eigenvalue weighted by Crippen LogP contribution is 2.28. The van der Waals surface area contributed by atoms with Gasteiger partial charge in [0.05, 0.1) is 11.5 Å². The monoisotopic (exact) mass is 386 g/mol. The molecule has 1 unspecified atom stereocenters. The van der Waals surface area contributed by atoms with Crippen LogP contribution >= 0.6 is 0 Å². The summed E-state index contributed by atoms with van der Waals surface area (Å²) in [7, 11) is -0.990. The second-order valence-electron chi connectivity index (χ2n) is 7.49. The Morgan fingerprint density at radius 3 is 2.48 bits per heavy atom. The van der Waals surface area contributed by atoms with E-state index in [4.69, 9.17) is 9.97 Å². The number of hydrogen-bond acceptors (Lipinski definition) is 6. The van der Waals surface area contributed by atoms with Crippen molar-refractivity contribution < 1.29 is 8.42 Å². The van der Waals surface area contributed by atoms with Gasteiger partial charge in [-0.1, -0.05) is 30.3 Å². The molecule has 0 bridgehead atoms. The Balaban J connectivity index is 1.71. The third-order valence-electron chi connectivity index (χ3n) is 5.53. The van der Waals surface area contributed by atoms with Crippen molar-refractivity contribution in [1.29, 1.82) is 0 Å². The summed E-state index contributed by atoms with van der Waals surface area (Å²) >= 11 is 0. The van der Waals surface area contributed by atoms with E-state index < -0.39 is 9.84 Å². The summed E-state index contributed by atoms with van der Waals surface area (Å²) in [5.41, 5.74) is 0.977. The standard InChI is InChI=1S/C20H26N4O2S/c1-23(17-10-13-27(25,26)15-17)18-14-19(24-11-6-3-7-12-24)22-20(21-18)16-8-4-2-5-9-16/h2,4-5,8-9,14,17H,3,6-7,10-13,15H2,1H3. The van der Waals surface area contributed by atoms with Crippen LogP contribution in [0.4, 0.5) is 11.6 Å². The molecule has 6 nitrogen and oxygen atoms in total. The minimum Gasteiger partial charge on any atom is -0.356 e. The molecule has 0 amide bonds. The first-order valence-corrected chi connectivity index (χ1v) is 11.5. The molecule has 0 spiro atoms. The quantitative estimate of drug-likeness (QED) is 0.805. The number of nitrogens with zero attached hydrogens (tertiary/aromatic N) is 4. The smallest absolute Gasteiger partial charge is 0.163 e. The van der Waals surface area contributed by atoms with Gasteiger partial charge in [0.2, 0.25) is 0 Å². The zero-order valence-corrected chi connectivity index (χ0v) is 16.5. The van der Waals surface area contributed by atoms with Gasteiger partial charge < -0.3 is 9.80 Å². The normalized spacial score (nSPS) is 22.0. The lowest BCUT2D eigenvalue weighted by Crippen LogP contribution is -2.34. The van der Waals surface area contributed by atoms with Crippen LogP contribution in [0, 0.1) is 0 Å². The fourth-order valence-corrected chi connectivity index (χ4v) is 5.65. The molecule has 0 N–H and O–H groups in total. The van der Waals surface area contributed by atoms with E-state index in [1.54, 1.807) is 0 Å². The van der Waals surface area contributed by atoms with Gasteiger partial charge in [0.25, 0.3) is 0 Å². The summed E-state index contributed by atoms with van der Waals surface area (Å²) in [6.45, 7) is 2.01. The first-order valence-electron chi connectivity index (χ1n) is 9.64. The van der Waals surface area contributed by atoms with Crippen LogP contribution in [0.25, 0.3) is 11.4 Å². The average molecular weight is 387 g/mol. The largest absolute Gasteiger partial charge is 0.356 e. The molecule has 2 aliphatic rings. The minimum atomic E-state index is -2.94. The van der Waals surface area contributed by atoms with Crippen LogP contribution in [-0.4, -0.2) is 56.1 Å². The molecule has 2 aromatic rings. The molecule has 2 fully saturated rings. The molecule has 3 heterocycles. The highest BCUT2D eigenvalue weighted by molar-refractivity contribution is 7.91. The summed E-state index contributed by atoms with van der Waals surface area (Å²) in [6, 6.07) is 12.0. The maximum absolute atomic E-state index is 11.9. The minimum absolute atomic E-state index is 0.0253. The molecule has 2 aliphatic heterocycles. The molecule has 2 saturated heterocycles. The number of rotatable bonds is 4. The van der Waals surface area contributed by atoms with Gasteiger partial charge in [-0.3, -0.25) is 0 Å². The van der Waals surface area contributed by atoms with Gasteiger partial charge in [0.1, 0.15) is 11.6 Å². The predicted octanol–water partition coefficient (Wildman–Crippen LogP) is 2.76. The van der Waals surface area contributed by atoms with Crippen LogP contribution in [0.3, 0.4) is 0 Å². The number of hydrogen-bond donors (Lipinski definition) is 0. The van der Waals surface area contributed by atoms with E-state index in [0.29, 0.717) is 12.2 Å². The maximum Gasteiger partial charge on any atom is 0.163 e. The first kappa shape index (κ1) is 18.2. The van der Waals surface area contributed by atoms with Crippen molar-refractivity contribution in [2.75, 3.05) is 41.4 Å². The Morgan fingerprint density at radius 1 is 1.07 bits per heavy atom. The number of benzene rings is 1. The molecule has 7 heteroatoms. The summed E-state index contributed by atoms with van der Waals surface area (Å²) in [5, 5.41) is 0. The molecule has 144 valence electrons. The van der Waals surface area contributed by atoms with Crippen molar-refractivity contribution in [2.24, 2.45) is 0 Å². The van der Waals surface area contributed by atoms with Crippen molar-refractivity contribution >= 4 is 21.5 Å². The van der Waals surface area contributed by atoms with E-state index in [2.05, 4.69) is 4.90 Å². The van der Waals surface area contributed by atoms with Crippen molar-refractivity contribution in [3.63, 3.8) is 0 Å². The van der Waals surface area contributed by atoms with Gasteiger partial charge in [0, 0.05) is 37.8 Å². The average Bonchev–Trinajstić information content (AvgIpc) is 3.08. The Morgan fingerprint density at radius 2 is 1.81 bits per heavy atom. The number of anilines is 2. The molecule has 1 aromatic heterocycles. The molecule has 1 atom stereocenters. The molecule has 1 aromatic carbocycles. The van der Waals surface area contributed by atoms with E-state index in [-0.39, 0.29) is 17.5 Å². The second kappa shape index (κ2) is 7.46. The van der Waals surface area contributed by atoms with Crippen LogP contribution in [0.5, 0.6) is 0 Å². The van der Waals surface area contributed by atoms with Gasteiger partial charge in [-0.15, -0.1) is 0 Å². The Bertz CT molecular complexity index is 895. The van der Waals surface area contributed by atoms with Gasteiger partial charge >= 0.3 is 0 Å². The van der Waals surface area contributed by atoms with Gasteiger partial charge in [-0.25, -0.2) is 18.4 Å². The highest BCUT2D eigenvalue weighted by Gasteiger charge is 2.32. The topological polar surface area (TPSA) is 66.4 Å². The van der Waals surface area contributed by atoms with Crippen LogP contribution in [0.1, 0.15) is 25.7 Å². The maximum atomic E-state index is 11.9. The predicted molar refractivity (Wildman–Crippen MR) is 109 cm³/mol. The summed E-state index contributed by atoms with van der Waals surface area (Å²) in [5.74, 6) is 2.89. The Kier molecular flexibility index (Phi) is 5.04. The number of piperidine rings is 1. The lowest BCUT2D eigenvalue weighted by Gasteiger charge is -2.30. The third kappa shape index (κ3) is 4.08. The lowest BCUT2D eigenvalue weighted by atomic mass is 10.1. The SMILES string of the molecule is CN(c1cc(N2CCCCC2)nc(-c2ccccc2)n1)C1CCS(=O)(=O)C1. The van der Waals surface area contributed by atoms with Crippen LogP contribution in [-0.2, 0) is 9.84 Å². The Labute approximate surface area is 161 Å². The van der Waals surface area contributed by atoms with Crippen molar-refractivity contribution in [3.05, 3.63) is 36.4 Å².